The van der Waals surface area contributed by atoms with E-state index >= 15 is 0 Å². The van der Waals surface area contributed by atoms with Gasteiger partial charge in [0, 0.05) is 22.3 Å². The Bertz CT molecular complexity index is 827. The minimum Gasteiger partial charge on any atom is -0.289 e. The Hall–Kier alpha value is -1.96. The molecule has 1 aliphatic carbocycles. The van der Waals surface area contributed by atoms with Crippen molar-refractivity contribution in [2.24, 2.45) is 5.92 Å². The van der Waals surface area contributed by atoms with E-state index in [0.717, 1.165) is 56.9 Å². The number of Topliss-reactive ketones (excluding diaryl/α,β-unsaturated/α-hetero) is 2. The van der Waals surface area contributed by atoms with Crippen molar-refractivity contribution < 1.29 is 9.59 Å². The van der Waals surface area contributed by atoms with E-state index in [9.17, 15) is 9.59 Å². The van der Waals surface area contributed by atoms with E-state index < -0.39 is 0 Å². The molecule has 1 rings (SSSR count). The fourth-order valence-electron chi connectivity index (χ4n) is 4.05. The second-order valence-electron chi connectivity index (χ2n) is 9.82. The Morgan fingerprint density at radius 1 is 0.719 bits per heavy atom. The molecule has 178 valence electrons. The van der Waals surface area contributed by atoms with Crippen molar-refractivity contribution in [3.05, 3.63) is 57.2 Å². The first-order chi connectivity index (χ1) is 15.1. The average molecular weight is 439 g/mol. The Balaban J connectivity index is 2.37. The van der Waals surface area contributed by atoms with E-state index in [1.165, 1.54) is 16.7 Å². The first kappa shape index (κ1) is 28.1. The fourth-order valence-corrected chi connectivity index (χ4v) is 4.05. The Morgan fingerprint density at radius 2 is 1.22 bits per heavy atom. The lowest BCUT2D eigenvalue weighted by molar-refractivity contribution is -0.116. The zero-order valence-electron chi connectivity index (χ0n) is 22.0. The smallest absolute Gasteiger partial charge is 0.185 e. The quantitative estimate of drug-likeness (QED) is 0.213. The van der Waals surface area contributed by atoms with Gasteiger partial charge in [0.05, 0.1) is 0 Å². The zero-order valence-corrected chi connectivity index (χ0v) is 22.0. The summed E-state index contributed by atoms with van der Waals surface area (Å²) in [7, 11) is 0. The van der Waals surface area contributed by atoms with Gasteiger partial charge in [-0.25, -0.2) is 0 Å². The maximum atomic E-state index is 12.6. The van der Waals surface area contributed by atoms with Gasteiger partial charge in [-0.05, 0) is 105 Å². The van der Waals surface area contributed by atoms with Gasteiger partial charge >= 0.3 is 0 Å². The summed E-state index contributed by atoms with van der Waals surface area (Å²) >= 11 is 0. The summed E-state index contributed by atoms with van der Waals surface area (Å²) in [5, 5.41) is 0. The van der Waals surface area contributed by atoms with Gasteiger partial charge in [0.15, 0.2) is 11.6 Å². The van der Waals surface area contributed by atoms with E-state index in [1.54, 1.807) is 20.8 Å². The van der Waals surface area contributed by atoms with Crippen LogP contribution in [0.15, 0.2) is 57.2 Å². The van der Waals surface area contributed by atoms with Gasteiger partial charge in [0.25, 0.3) is 0 Å². The maximum absolute atomic E-state index is 12.6. The van der Waals surface area contributed by atoms with Crippen molar-refractivity contribution >= 4 is 11.6 Å². The molecule has 0 saturated heterocycles. The molecule has 32 heavy (non-hydrogen) atoms. The van der Waals surface area contributed by atoms with Crippen molar-refractivity contribution in [2.75, 3.05) is 0 Å². The van der Waals surface area contributed by atoms with Crippen LogP contribution in [0.1, 0.15) is 113 Å². The Labute approximate surface area is 197 Å². The van der Waals surface area contributed by atoms with Crippen LogP contribution in [0.25, 0.3) is 0 Å². The van der Waals surface area contributed by atoms with Crippen LogP contribution in [0.2, 0.25) is 0 Å². The third-order valence-electron chi connectivity index (χ3n) is 6.97. The van der Waals surface area contributed by atoms with Crippen LogP contribution in [0.3, 0.4) is 0 Å². The van der Waals surface area contributed by atoms with Gasteiger partial charge in [-0.15, -0.1) is 0 Å². The van der Waals surface area contributed by atoms with E-state index in [0.29, 0.717) is 29.1 Å². The first-order valence-corrected chi connectivity index (χ1v) is 12.5. The second-order valence-corrected chi connectivity index (χ2v) is 9.82. The molecule has 0 aromatic rings. The summed E-state index contributed by atoms with van der Waals surface area (Å²) < 4.78 is 0. The van der Waals surface area contributed by atoms with Crippen LogP contribution in [-0.2, 0) is 9.59 Å². The predicted molar refractivity (Wildman–Crippen MR) is 139 cm³/mol. The normalized spacial score (nSPS) is 17.6. The summed E-state index contributed by atoms with van der Waals surface area (Å²) in [4.78, 5) is 24.9. The topological polar surface area (TPSA) is 34.1 Å². The van der Waals surface area contributed by atoms with Gasteiger partial charge in [0.1, 0.15) is 0 Å². The van der Waals surface area contributed by atoms with Crippen LogP contribution in [0.4, 0.5) is 0 Å². The summed E-state index contributed by atoms with van der Waals surface area (Å²) in [6.07, 6.45) is 16.7. The Kier molecular flexibility index (Phi) is 12.5. The molecule has 0 heterocycles. The largest absolute Gasteiger partial charge is 0.289 e. The third-order valence-corrected chi connectivity index (χ3v) is 6.97. The molecule has 0 aromatic heterocycles. The molecule has 1 aliphatic rings. The summed E-state index contributed by atoms with van der Waals surface area (Å²) in [5.41, 5.74) is 7.06. The molecule has 0 amide bonds. The highest BCUT2D eigenvalue weighted by atomic mass is 16.1. The SMILES string of the molecule is CC/C(C)=C/CC/C(C)=C/CC/C(C)=C/CCC(C)CCC1=C(C)C(=O)C(C)=C(C)C1=O. The molecule has 0 radical (unpaired) electrons. The fraction of sp³-hybridized carbons (Fsp3) is 0.600. The van der Waals surface area contributed by atoms with Crippen LogP contribution < -0.4 is 0 Å². The molecule has 0 fully saturated rings. The van der Waals surface area contributed by atoms with Gasteiger partial charge in [-0.1, -0.05) is 48.8 Å². The van der Waals surface area contributed by atoms with Crippen LogP contribution in [-0.4, -0.2) is 11.6 Å². The summed E-state index contributed by atoms with van der Waals surface area (Å²) in [6.45, 7) is 16.5. The molecule has 0 saturated carbocycles. The van der Waals surface area contributed by atoms with Crippen molar-refractivity contribution in [1.82, 2.24) is 0 Å². The first-order valence-electron chi connectivity index (χ1n) is 12.5. The van der Waals surface area contributed by atoms with Gasteiger partial charge in [0.2, 0.25) is 0 Å². The number of carbonyl (C=O) groups excluding carboxylic acids is 2. The van der Waals surface area contributed by atoms with Crippen molar-refractivity contribution in [3.63, 3.8) is 0 Å². The molecule has 0 aromatic carbocycles. The molecule has 0 aliphatic heterocycles. The number of hydrogen-bond donors (Lipinski definition) is 0. The number of allylic oxidation sites excluding steroid dienone is 10. The van der Waals surface area contributed by atoms with Crippen LogP contribution >= 0.6 is 0 Å². The number of carbonyl (C=O) groups is 2. The minimum absolute atomic E-state index is 0.0418. The summed E-state index contributed by atoms with van der Waals surface area (Å²) in [6, 6.07) is 0. The molecular formula is C30H46O2. The molecule has 2 nitrogen and oxygen atoms in total. The van der Waals surface area contributed by atoms with E-state index in [2.05, 4.69) is 52.8 Å². The second kappa shape index (κ2) is 14.2. The Morgan fingerprint density at radius 3 is 1.78 bits per heavy atom. The predicted octanol–water partition coefficient (Wildman–Crippen LogP) is 8.80. The van der Waals surface area contributed by atoms with E-state index in [1.807, 2.05) is 0 Å². The highest BCUT2D eigenvalue weighted by Crippen LogP contribution is 2.29. The monoisotopic (exact) mass is 438 g/mol. The molecular weight excluding hydrogens is 392 g/mol. The highest BCUT2D eigenvalue weighted by molar-refractivity contribution is 6.24. The lowest BCUT2D eigenvalue weighted by atomic mass is 9.82. The zero-order chi connectivity index (χ0) is 24.3. The highest BCUT2D eigenvalue weighted by Gasteiger charge is 2.27. The van der Waals surface area contributed by atoms with Gasteiger partial charge in [-0.2, -0.15) is 0 Å². The number of ketones is 2. The molecule has 0 bridgehead atoms. The van der Waals surface area contributed by atoms with E-state index in [4.69, 9.17) is 0 Å². The average Bonchev–Trinajstić information content (AvgIpc) is 2.76. The summed E-state index contributed by atoms with van der Waals surface area (Å²) in [5.74, 6) is 0.652. The molecule has 1 unspecified atom stereocenters. The number of hydrogen-bond acceptors (Lipinski definition) is 2. The van der Waals surface area contributed by atoms with Gasteiger partial charge in [-0.3, -0.25) is 9.59 Å². The lowest BCUT2D eigenvalue weighted by Gasteiger charge is -2.20. The van der Waals surface area contributed by atoms with Crippen LogP contribution in [0.5, 0.6) is 0 Å². The maximum Gasteiger partial charge on any atom is 0.185 e. The minimum atomic E-state index is 0.0418. The lowest BCUT2D eigenvalue weighted by Crippen LogP contribution is -2.21. The molecule has 2 heteroatoms. The molecule has 1 atom stereocenters. The van der Waals surface area contributed by atoms with Crippen molar-refractivity contribution in [2.45, 2.75) is 113 Å². The standard InChI is InChI=1S/C30H46O2/c1-9-21(2)13-10-14-22(3)15-11-16-23(4)17-12-18-24(5)19-20-28-27(8)29(31)25(6)26(7)30(28)32/h13,15,17,24H,9-12,14,16,18-20H2,1-8H3/b21-13+,22-15+,23-17+. The van der Waals surface area contributed by atoms with Crippen molar-refractivity contribution in [3.8, 4) is 0 Å². The van der Waals surface area contributed by atoms with Crippen molar-refractivity contribution in [1.29, 1.82) is 0 Å². The third kappa shape index (κ3) is 9.27. The molecule has 0 spiro atoms. The van der Waals surface area contributed by atoms with Gasteiger partial charge < -0.3 is 0 Å². The van der Waals surface area contributed by atoms with E-state index in [-0.39, 0.29) is 11.6 Å². The molecule has 0 N–H and O–H groups in total. The number of rotatable bonds is 13. The van der Waals surface area contributed by atoms with Crippen LogP contribution in [0, 0.1) is 5.92 Å².